The summed E-state index contributed by atoms with van der Waals surface area (Å²) >= 11 is 0. The number of benzene rings is 1. The number of aromatic nitrogens is 1. The first-order valence-corrected chi connectivity index (χ1v) is 7.72. The van der Waals surface area contributed by atoms with Crippen molar-refractivity contribution in [1.29, 1.82) is 0 Å². The molecule has 0 aliphatic carbocycles. The van der Waals surface area contributed by atoms with Crippen LogP contribution in [-0.4, -0.2) is 23.5 Å². The van der Waals surface area contributed by atoms with Gasteiger partial charge in [-0.25, -0.2) is 4.79 Å². The summed E-state index contributed by atoms with van der Waals surface area (Å²) in [4.78, 5) is 28.9. The predicted octanol–water partition coefficient (Wildman–Crippen LogP) is 3.21. The monoisotopic (exact) mass is 324 g/mol. The molecule has 0 unspecified atom stereocenters. The molecule has 5 nitrogen and oxygen atoms in total. The highest BCUT2D eigenvalue weighted by Gasteiger charge is 2.11. The number of amides is 1. The van der Waals surface area contributed by atoms with Crippen molar-refractivity contribution < 1.29 is 14.3 Å². The number of ether oxygens (including phenoxy) is 1. The van der Waals surface area contributed by atoms with Gasteiger partial charge in [0.1, 0.15) is 0 Å². The Balaban J connectivity index is 2.11. The molecule has 0 atom stereocenters. The Hall–Kier alpha value is -2.95. The van der Waals surface area contributed by atoms with Crippen LogP contribution in [0.4, 0.5) is 5.69 Å². The van der Waals surface area contributed by atoms with Gasteiger partial charge in [0, 0.05) is 31.1 Å². The van der Waals surface area contributed by atoms with Crippen LogP contribution in [0.25, 0.3) is 6.08 Å². The second-order valence-corrected chi connectivity index (χ2v) is 5.14. The van der Waals surface area contributed by atoms with Gasteiger partial charge in [-0.1, -0.05) is 12.1 Å². The lowest BCUT2D eigenvalue weighted by molar-refractivity contribution is -0.137. The molecule has 0 saturated carbocycles. The smallest absolute Gasteiger partial charge is 0.330 e. The number of hydrogen-bond donors (Lipinski definition) is 0. The minimum Gasteiger partial charge on any atom is -0.463 e. The van der Waals surface area contributed by atoms with Gasteiger partial charge in [-0.3, -0.25) is 9.78 Å². The van der Waals surface area contributed by atoms with Gasteiger partial charge in [-0.05, 0) is 48.4 Å². The van der Waals surface area contributed by atoms with Crippen LogP contribution in [0.15, 0.2) is 54.9 Å². The Morgan fingerprint density at radius 2 is 1.79 bits per heavy atom. The molecule has 0 aliphatic rings. The minimum atomic E-state index is -0.371. The Kier molecular flexibility index (Phi) is 6.25. The van der Waals surface area contributed by atoms with Gasteiger partial charge >= 0.3 is 5.97 Å². The summed E-state index contributed by atoms with van der Waals surface area (Å²) in [5.41, 5.74) is 2.67. The van der Waals surface area contributed by atoms with Crippen molar-refractivity contribution in [3.05, 3.63) is 66.0 Å². The van der Waals surface area contributed by atoms with Crippen LogP contribution < -0.4 is 4.90 Å². The maximum absolute atomic E-state index is 12.0. The zero-order valence-corrected chi connectivity index (χ0v) is 13.8. The molecule has 5 heteroatoms. The molecule has 24 heavy (non-hydrogen) atoms. The topological polar surface area (TPSA) is 59.5 Å². The fraction of sp³-hybridized carbons (Fsp3) is 0.211. The molecule has 1 aromatic carbocycles. The Morgan fingerprint density at radius 1 is 1.12 bits per heavy atom. The molecule has 0 radical (unpaired) electrons. The number of hydrogen-bond acceptors (Lipinski definition) is 4. The lowest BCUT2D eigenvalue weighted by Gasteiger charge is -2.21. The van der Waals surface area contributed by atoms with E-state index in [-0.39, 0.29) is 11.9 Å². The van der Waals surface area contributed by atoms with Gasteiger partial charge < -0.3 is 9.64 Å². The summed E-state index contributed by atoms with van der Waals surface area (Å²) in [6.45, 7) is 4.13. The second kappa shape index (κ2) is 8.62. The highest BCUT2D eigenvalue weighted by molar-refractivity contribution is 5.91. The van der Waals surface area contributed by atoms with Gasteiger partial charge in [-0.15, -0.1) is 0 Å². The number of rotatable bonds is 6. The first kappa shape index (κ1) is 17.4. The zero-order valence-electron chi connectivity index (χ0n) is 13.8. The van der Waals surface area contributed by atoms with E-state index in [2.05, 4.69) is 4.98 Å². The Bertz CT molecular complexity index is 709. The van der Waals surface area contributed by atoms with E-state index in [0.717, 1.165) is 16.8 Å². The molecule has 1 aromatic heterocycles. The lowest BCUT2D eigenvalue weighted by atomic mass is 10.1. The van der Waals surface area contributed by atoms with E-state index < -0.39 is 0 Å². The number of nitrogens with zero attached hydrogens (tertiary/aromatic N) is 2. The maximum Gasteiger partial charge on any atom is 0.330 e. The van der Waals surface area contributed by atoms with Crippen LogP contribution in [0.3, 0.4) is 0 Å². The van der Waals surface area contributed by atoms with Crippen LogP contribution in [0, 0.1) is 0 Å². The van der Waals surface area contributed by atoms with E-state index in [1.165, 1.54) is 13.0 Å². The molecule has 0 bridgehead atoms. The number of carbonyl (C=O) groups is 2. The largest absolute Gasteiger partial charge is 0.463 e. The fourth-order valence-electron chi connectivity index (χ4n) is 2.18. The quantitative estimate of drug-likeness (QED) is 0.605. The van der Waals surface area contributed by atoms with Crippen molar-refractivity contribution >= 4 is 23.6 Å². The van der Waals surface area contributed by atoms with Crippen LogP contribution >= 0.6 is 0 Å². The SMILES string of the molecule is CCOC(=O)C=Cc1ccc(N(Cc2ccncc2)C(C)=O)cc1. The minimum absolute atomic E-state index is 0.0402. The summed E-state index contributed by atoms with van der Waals surface area (Å²) in [6.07, 6.45) is 6.48. The van der Waals surface area contributed by atoms with Crippen molar-refractivity contribution in [1.82, 2.24) is 4.98 Å². The highest BCUT2D eigenvalue weighted by atomic mass is 16.5. The van der Waals surface area contributed by atoms with E-state index >= 15 is 0 Å². The van der Waals surface area contributed by atoms with Crippen LogP contribution in [0.2, 0.25) is 0 Å². The van der Waals surface area contributed by atoms with E-state index in [0.29, 0.717) is 13.2 Å². The van der Waals surface area contributed by atoms with Crippen molar-refractivity contribution in [3.8, 4) is 0 Å². The molecule has 2 rings (SSSR count). The van der Waals surface area contributed by atoms with E-state index in [1.807, 2.05) is 36.4 Å². The number of esters is 1. The van der Waals surface area contributed by atoms with Gasteiger partial charge in [0.25, 0.3) is 0 Å². The van der Waals surface area contributed by atoms with Crippen molar-refractivity contribution in [2.45, 2.75) is 20.4 Å². The zero-order chi connectivity index (χ0) is 17.4. The average molecular weight is 324 g/mol. The van der Waals surface area contributed by atoms with Crippen molar-refractivity contribution in [2.24, 2.45) is 0 Å². The molecule has 0 spiro atoms. The van der Waals surface area contributed by atoms with Crippen LogP contribution in [-0.2, 0) is 20.9 Å². The van der Waals surface area contributed by atoms with Gasteiger partial charge in [0.15, 0.2) is 0 Å². The van der Waals surface area contributed by atoms with E-state index in [1.54, 1.807) is 30.3 Å². The third kappa shape index (κ3) is 5.05. The van der Waals surface area contributed by atoms with Crippen molar-refractivity contribution in [3.63, 3.8) is 0 Å². The third-order valence-corrected chi connectivity index (χ3v) is 3.37. The van der Waals surface area contributed by atoms with Gasteiger partial charge in [0.05, 0.1) is 13.2 Å². The maximum atomic E-state index is 12.0. The predicted molar refractivity (Wildman–Crippen MR) is 93.2 cm³/mol. The molecule has 124 valence electrons. The Morgan fingerprint density at radius 3 is 2.38 bits per heavy atom. The molecule has 0 N–H and O–H groups in total. The molecule has 0 fully saturated rings. The van der Waals surface area contributed by atoms with Crippen LogP contribution in [0.1, 0.15) is 25.0 Å². The summed E-state index contributed by atoms with van der Waals surface area (Å²) in [7, 11) is 0. The molecule has 1 amide bonds. The second-order valence-electron chi connectivity index (χ2n) is 5.14. The van der Waals surface area contributed by atoms with E-state index in [4.69, 9.17) is 4.74 Å². The summed E-state index contributed by atoms with van der Waals surface area (Å²) in [5.74, 6) is -0.411. The van der Waals surface area contributed by atoms with Crippen molar-refractivity contribution in [2.75, 3.05) is 11.5 Å². The molecular formula is C19H20N2O3. The normalized spacial score (nSPS) is 10.6. The lowest BCUT2D eigenvalue weighted by Crippen LogP contribution is -2.27. The number of anilines is 1. The molecular weight excluding hydrogens is 304 g/mol. The number of pyridine rings is 1. The van der Waals surface area contributed by atoms with Crippen LogP contribution in [0.5, 0.6) is 0 Å². The van der Waals surface area contributed by atoms with Gasteiger partial charge in [0.2, 0.25) is 5.91 Å². The molecule has 0 aliphatic heterocycles. The first-order chi connectivity index (χ1) is 11.6. The third-order valence-electron chi connectivity index (χ3n) is 3.37. The standard InChI is InChI=1S/C19H20N2O3/c1-3-24-19(23)9-6-16-4-7-18(8-5-16)21(15(2)22)14-17-10-12-20-13-11-17/h4-13H,3,14H2,1-2H3. The Labute approximate surface area is 141 Å². The average Bonchev–Trinajstić information content (AvgIpc) is 2.59. The summed E-state index contributed by atoms with van der Waals surface area (Å²) < 4.78 is 4.84. The molecule has 2 aromatic rings. The molecule has 0 saturated heterocycles. The summed E-state index contributed by atoms with van der Waals surface area (Å²) in [5, 5.41) is 0. The summed E-state index contributed by atoms with van der Waals surface area (Å²) in [6, 6.07) is 11.2. The number of carbonyl (C=O) groups excluding carboxylic acids is 2. The first-order valence-electron chi connectivity index (χ1n) is 7.72. The van der Waals surface area contributed by atoms with E-state index in [9.17, 15) is 9.59 Å². The van der Waals surface area contributed by atoms with Gasteiger partial charge in [-0.2, -0.15) is 0 Å². The highest BCUT2D eigenvalue weighted by Crippen LogP contribution is 2.19. The fourth-order valence-corrected chi connectivity index (χ4v) is 2.18. The molecule has 1 heterocycles.